The van der Waals surface area contributed by atoms with Gasteiger partial charge in [0.2, 0.25) is 11.0 Å². The van der Waals surface area contributed by atoms with Gasteiger partial charge in [-0.3, -0.25) is 9.59 Å². The first-order valence-corrected chi connectivity index (χ1v) is 10.3. The number of nitrogens with one attached hydrogen (secondary N) is 2. The zero-order valence-electron chi connectivity index (χ0n) is 15.7. The van der Waals surface area contributed by atoms with Gasteiger partial charge in [0.25, 0.3) is 0 Å². The van der Waals surface area contributed by atoms with Crippen LogP contribution in [0.4, 0.5) is 5.13 Å². The van der Waals surface area contributed by atoms with Crippen molar-refractivity contribution in [2.75, 3.05) is 32.1 Å². The first-order chi connectivity index (χ1) is 13.0. The molecule has 0 saturated heterocycles. The summed E-state index contributed by atoms with van der Waals surface area (Å²) in [7, 11) is 1.64. The van der Waals surface area contributed by atoms with E-state index in [-0.39, 0.29) is 16.9 Å². The fraction of sp³-hybridized carbons (Fsp3) is 0.444. The molecule has 0 radical (unpaired) electrons. The molecule has 1 atom stereocenters. The summed E-state index contributed by atoms with van der Waals surface area (Å²) in [6.07, 6.45) is 0.738. The summed E-state index contributed by atoms with van der Waals surface area (Å²) in [6.45, 7) is 5.22. The van der Waals surface area contributed by atoms with Crippen LogP contribution in [0.1, 0.15) is 29.8 Å². The van der Waals surface area contributed by atoms with Crippen LogP contribution in [-0.4, -0.2) is 53.9 Å². The zero-order valence-corrected chi connectivity index (χ0v) is 17.3. The molecule has 0 saturated carbocycles. The predicted molar refractivity (Wildman–Crippen MR) is 109 cm³/mol. The van der Waals surface area contributed by atoms with E-state index in [0.717, 1.165) is 21.5 Å². The normalized spacial score (nSPS) is 11.8. The number of carbonyl (C=O) groups excluding carboxylic acids is 2. The summed E-state index contributed by atoms with van der Waals surface area (Å²) in [4.78, 5) is 23.5. The molecule has 1 heterocycles. The third kappa shape index (κ3) is 7.28. The van der Waals surface area contributed by atoms with Gasteiger partial charge >= 0.3 is 0 Å². The quantitative estimate of drug-likeness (QED) is 0.335. The molecule has 0 bridgehead atoms. The van der Waals surface area contributed by atoms with E-state index >= 15 is 0 Å². The highest BCUT2D eigenvalue weighted by molar-refractivity contribution is 8.02. The van der Waals surface area contributed by atoms with Crippen molar-refractivity contribution in [3.05, 3.63) is 35.4 Å². The molecule has 0 spiro atoms. The number of nitrogens with zero attached hydrogens (tertiary/aromatic N) is 2. The van der Waals surface area contributed by atoms with Crippen molar-refractivity contribution in [3.8, 4) is 0 Å². The fourth-order valence-corrected chi connectivity index (χ4v) is 4.25. The SMILES string of the molecule is COCCNc1nnc(SC(C)C(=O)c2ccc(CCNC(C)=O)cc2)s1. The molecule has 1 unspecified atom stereocenters. The van der Waals surface area contributed by atoms with E-state index in [0.29, 0.717) is 25.3 Å². The molecule has 27 heavy (non-hydrogen) atoms. The predicted octanol–water partition coefficient (Wildman–Crippen LogP) is 2.64. The summed E-state index contributed by atoms with van der Waals surface area (Å²) in [5.41, 5.74) is 1.75. The van der Waals surface area contributed by atoms with Crippen LogP contribution in [-0.2, 0) is 16.0 Å². The third-order valence-electron chi connectivity index (χ3n) is 3.66. The van der Waals surface area contributed by atoms with Crippen LogP contribution < -0.4 is 10.6 Å². The molecule has 0 aliphatic rings. The van der Waals surface area contributed by atoms with Gasteiger partial charge in [-0.05, 0) is 18.9 Å². The van der Waals surface area contributed by atoms with Crippen LogP contribution in [0.25, 0.3) is 0 Å². The van der Waals surface area contributed by atoms with E-state index in [1.165, 1.54) is 30.0 Å². The number of amides is 1. The molecule has 0 aliphatic carbocycles. The molecule has 1 aromatic carbocycles. The monoisotopic (exact) mass is 408 g/mol. The lowest BCUT2D eigenvalue weighted by atomic mass is 10.0. The summed E-state index contributed by atoms with van der Waals surface area (Å²) in [5.74, 6) is 0.0129. The molecule has 1 aromatic heterocycles. The van der Waals surface area contributed by atoms with E-state index in [1.54, 1.807) is 7.11 Å². The number of carbonyl (C=O) groups is 2. The fourth-order valence-electron chi connectivity index (χ4n) is 2.25. The number of thioether (sulfide) groups is 1. The molecule has 2 N–H and O–H groups in total. The van der Waals surface area contributed by atoms with Crippen LogP contribution in [0.2, 0.25) is 0 Å². The van der Waals surface area contributed by atoms with Gasteiger partial charge in [0.1, 0.15) is 0 Å². The van der Waals surface area contributed by atoms with Crippen LogP contribution in [0.15, 0.2) is 28.6 Å². The average Bonchev–Trinajstić information content (AvgIpc) is 3.09. The number of methoxy groups -OCH3 is 1. The Kier molecular flexibility index (Phi) is 8.70. The lowest BCUT2D eigenvalue weighted by Crippen LogP contribution is -2.22. The van der Waals surface area contributed by atoms with Crippen molar-refractivity contribution in [1.29, 1.82) is 0 Å². The molecule has 146 valence electrons. The van der Waals surface area contributed by atoms with E-state index < -0.39 is 0 Å². The Morgan fingerprint density at radius 3 is 2.63 bits per heavy atom. The number of rotatable bonds is 11. The van der Waals surface area contributed by atoms with E-state index in [4.69, 9.17) is 4.74 Å². The van der Waals surface area contributed by atoms with Crippen molar-refractivity contribution in [2.24, 2.45) is 0 Å². The lowest BCUT2D eigenvalue weighted by molar-refractivity contribution is -0.118. The minimum Gasteiger partial charge on any atom is -0.383 e. The van der Waals surface area contributed by atoms with Crippen LogP contribution in [0.5, 0.6) is 0 Å². The average molecular weight is 409 g/mol. The van der Waals surface area contributed by atoms with Crippen molar-refractivity contribution in [3.63, 3.8) is 0 Å². The Hall–Kier alpha value is -1.97. The van der Waals surface area contributed by atoms with E-state index in [1.807, 2.05) is 31.2 Å². The summed E-state index contributed by atoms with van der Waals surface area (Å²) in [6, 6.07) is 7.52. The van der Waals surface area contributed by atoms with Gasteiger partial charge in [0.15, 0.2) is 10.1 Å². The molecule has 0 aliphatic heterocycles. The number of benzene rings is 1. The topological polar surface area (TPSA) is 93.2 Å². The van der Waals surface area contributed by atoms with Gasteiger partial charge in [0, 0.05) is 32.7 Å². The molecule has 7 nitrogen and oxygen atoms in total. The largest absolute Gasteiger partial charge is 0.383 e. The molecule has 1 amide bonds. The highest BCUT2D eigenvalue weighted by atomic mass is 32.2. The number of ketones is 1. The standard InChI is InChI=1S/C18H24N4O3S2/c1-12(26-18-22-21-17(27-18)20-10-11-25-3)16(24)15-6-4-14(5-7-15)8-9-19-13(2)23/h4-7,12H,8-11H2,1-3H3,(H,19,23)(H,20,21). The minimum atomic E-state index is -0.255. The second-order valence-corrected chi connectivity index (χ2v) is 8.41. The highest BCUT2D eigenvalue weighted by Crippen LogP contribution is 2.30. The Bertz CT molecular complexity index is 749. The van der Waals surface area contributed by atoms with Gasteiger partial charge in [0.05, 0.1) is 11.9 Å². The highest BCUT2D eigenvalue weighted by Gasteiger charge is 2.18. The van der Waals surface area contributed by atoms with Crippen molar-refractivity contribution < 1.29 is 14.3 Å². The smallest absolute Gasteiger partial charge is 0.216 e. The molecule has 2 aromatic rings. The Balaban J connectivity index is 1.86. The zero-order chi connectivity index (χ0) is 19.6. The first-order valence-electron chi connectivity index (χ1n) is 8.60. The molecular weight excluding hydrogens is 384 g/mol. The number of ether oxygens (including phenoxy) is 1. The van der Waals surface area contributed by atoms with E-state index in [2.05, 4.69) is 20.8 Å². The maximum Gasteiger partial charge on any atom is 0.216 e. The first kappa shape index (κ1) is 21.3. The van der Waals surface area contributed by atoms with Crippen molar-refractivity contribution >= 4 is 39.9 Å². The van der Waals surface area contributed by atoms with Gasteiger partial charge in [-0.15, -0.1) is 10.2 Å². The van der Waals surface area contributed by atoms with Crippen LogP contribution in [0.3, 0.4) is 0 Å². The lowest BCUT2D eigenvalue weighted by Gasteiger charge is -2.09. The van der Waals surface area contributed by atoms with Crippen molar-refractivity contribution in [2.45, 2.75) is 29.9 Å². The number of hydrogen-bond acceptors (Lipinski definition) is 8. The Morgan fingerprint density at radius 2 is 1.96 bits per heavy atom. The molecule has 2 rings (SSSR count). The Morgan fingerprint density at radius 1 is 1.22 bits per heavy atom. The van der Waals surface area contributed by atoms with Gasteiger partial charge in [-0.1, -0.05) is 47.4 Å². The molecule has 9 heteroatoms. The van der Waals surface area contributed by atoms with E-state index in [9.17, 15) is 9.59 Å². The summed E-state index contributed by atoms with van der Waals surface area (Å²) in [5, 5.41) is 14.5. The minimum absolute atomic E-state index is 0.0404. The maximum atomic E-state index is 12.6. The number of aromatic nitrogens is 2. The van der Waals surface area contributed by atoms with Gasteiger partial charge in [-0.2, -0.15) is 0 Å². The number of hydrogen-bond donors (Lipinski definition) is 2. The van der Waals surface area contributed by atoms with Gasteiger partial charge < -0.3 is 15.4 Å². The second kappa shape index (κ2) is 11.0. The second-order valence-electron chi connectivity index (χ2n) is 5.85. The third-order valence-corrected chi connectivity index (χ3v) is 5.73. The van der Waals surface area contributed by atoms with Gasteiger partial charge in [-0.25, -0.2) is 0 Å². The Labute approximate surface area is 167 Å². The number of Topliss-reactive ketones (excluding diaryl/α,β-unsaturated/α-hetero) is 1. The summed E-state index contributed by atoms with van der Waals surface area (Å²) < 4.78 is 5.73. The van der Waals surface area contributed by atoms with Crippen LogP contribution >= 0.6 is 23.1 Å². The summed E-state index contributed by atoms with van der Waals surface area (Å²) >= 11 is 2.83. The molecule has 0 fully saturated rings. The van der Waals surface area contributed by atoms with Crippen LogP contribution in [0, 0.1) is 0 Å². The number of anilines is 1. The molecular formula is C18H24N4O3S2. The van der Waals surface area contributed by atoms with Crippen molar-refractivity contribution in [1.82, 2.24) is 15.5 Å². The maximum absolute atomic E-state index is 12.6.